The molecule has 0 spiro atoms. The van der Waals surface area contributed by atoms with Crippen molar-refractivity contribution in [2.45, 2.75) is 17.0 Å². The van der Waals surface area contributed by atoms with Crippen molar-refractivity contribution in [2.75, 3.05) is 6.54 Å². The lowest BCUT2D eigenvalue weighted by atomic mass is 10.2. The van der Waals surface area contributed by atoms with Crippen LogP contribution in [0.25, 0.3) is 6.08 Å². The van der Waals surface area contributed by atoms with Crippen molar-refractivity contribution >= 4 is 23.9 Å². The van der Waals surface area contributed by atoms with Crippen molar-refractivity contribution in [2.24, 2.45) is 0 Å². The van der Waals surface area contributed by atoms with Crippen LogP contribution in [0.4, 0.5) is 18.0 Å². The van der Waals surface area contributed by atoms with Crippen LogP contribution in [0, 0.1) is 0 Å². The molecule has 2 rings (SSSR count). The number of alkyl halides is 3. The molecule has 1 N–H and O–H groups in total. The number of rotatable bonds is 6. The van der Waals surface area contributed by atoms with Crippen LogP contribution < -0.4 is 5.32 Å². The van der Waals surface area contributed by atoms with E-state index in [2.05, 4.69) is 5.32 Å². The van der Waals surface area contributed by atoms with Crippen LogP contribution in [0.15, 0.2) is 65.6 Å². The van der Waals surface area contributed by atoms with Crippen LogP contribution >= 0.6 is 11.8 Å². The first-order chi connectivity index (χ1) is 11.9. The number of halogens is 3. The number of carbonyl (C=O) groups excluding carboxylic acids is 1. The van der Waals surface area contributed by atoms with Gasteiger partial charge in [-0.05, 0) is 35.0 Å². The summed E-state index contributed by atoms with van der Waals surface area (Å²) in [7, 11) is 0. The van der Waals surface area contributed by atoms with E-state index in [4.69, 9.17) is 4.74 Å². The van der Waals surface area contributed by atoms with Crippen molar-refractivity contribution in [3.8, 4) is 0 Å². The van der Waals surface area contributed by atoms with Crippen LogP contribution in [-0.4, -0.2) is 18.1 Å². The molecular formula is C18H16F3NO2S. The number of amides is 1. The first-order valence-corrected chi connectivity index (χ1v) is 8.21. The minimum absolute atomic E-state index is 0.132. The smallest absolute Gasteiger partial charge is 0.445 e. The molecule has 0 unspecified atom stereocenters. The number of carbonyl (C=O) groups is 1. The van der Waals surface area contributed by atoms with Gasteiger partial charge in [0.05, 0.1) is 0 Å². The maximum atomic E-state index is 12.2. The molecule has 2 aromatic carbocycles. The summed E-state index contributed by atoms with van der Waals surface area (Å²) in [6.45, 7) is 0.446. The lowest BCUT2D eigenvalue weighted by Crippen LogP contribution is -2.24. The summed E-state index contributed by atoms with van der Waals surface area (Å²) in [6.07, 6.45) is 2.86. The first-order valence-electron chi connectivity index (χ1n) is 7.39. The number of hydrogen-bond donors (Lipinski definition) is 1. The highest BCUT2D eigenvalue weighted by atomic mass is 32.2. The van der Waals surface area contributed by atoms with Gasteiger partial charge in [-0.1, -0.05) is 54.6 Å². The van der Waals surface area contributed by atoms with E-state index in [1.165, 1.54) is 12.1 Å². The highest BCUT2D eigenvalue weighted by Crippen LogP contribution is 2.36. The Morgan fingerprint density at radius 1 is 1.08 bits per heavy atom. The van der Waals surface area contributed by atoms with E-state index < -0.39 is 11.6 Å². The molecule has 0 heterocycles. The first kappa shape index (κ1) is 18.9. The molecule has 0 saturated heterocycles. The van der Waals surface area contributed by atoms with Crippen molar-refractivity contribution in [1.82, 2.24) is 5.32 Å². The van der Waals surface area contributed by atoms with Gasteiger partial charge in [-0.25, -0.2) is 4.79 Å². The number of thioether (sulfide) groups is 1. The van der Waals surface area contributed by atoms with Crippen molar-refractivity contribution in [1.29, 1.82) is 0 Å². The quantitative estimate of drug-likeness (QED) is 0.710. The zero-order valence-corrected chi connectivity index (χ0v) is 13.9. The van der Waals surface area contributed by atoms with E-state index in [9.17, 15) is 18.0 Å². The fourth-order valence-corrected chi connectivity index (χ4v) is 2.43. The molecule has 25 heavy (non-hydrogen) atoms. The summed E-state index contributed by atoms with van der Waals surface area (Å²) in [5, 5.41) is 2.56. The van der Waals surface area contributed by atoms with E-state index in [0.29, 0.717) is 0 Å². The second kappa shape index (κ2) is 9.17. The zero-order chi connectivity index (χ0) is 18.1. The minimum Gasteiger partial charge on any atom is -0.445 e. The minimum atomic E-state index is -4.29. The zero-order valence-electron chi connectivity index (χ0n) is 13.1. The Labute approximate surface area is 147 Å². The molecule has 0 aliphatic rings. The molecule has 0 fully saturated rings. The SMILES string of the molecule is O=C(NCC=Cc1ccc(SC(F)(F)F)cc1)OCc1ccccc1. The van der Waals surface area contributed by atoms with Gasteiger partial charge in [0.2, 0.25) is 0 Å². The fraction of sp³-hybridized carbons (Fsp3) is 0.167. The lowest BCUT2D eigenvalue weighted by Gasteiger charge is -2.06. The van der Waals surface area contributed by atoms with Gasteiger partial charge in [-0.3, -0.25) is 0 Å². The van der Waals surface area contributed by atoms with Crippen molar-refractivity contribution in [3.63, 3.8) is 0 Å². The summed E-state index contributed by atoms with van der Waals surface area (Å²) in [5.74, 6) is 0. The number of alkyl carbamates (subject to hydrolysis) is 1. The highest BCUT2D eigenvalue weighted by molar-refractivity contribution is 8.00. The Hall–Kier alpha value is -2.41. The molecule has 3 nitrogen and oxygen atoms in total. The molecule has 1 amide bonds. The van der Waals surface area contributed by atoms with E-state index in [1.807, 2.05) is 30.3 Å². The van der Waals surface area contributed by atoms with E-state index in [-0.39, 0.29) is 29.8 Å². The summed E-state index contributed by atoms with van der Waals surface area (Å²) in [6, 6.07) is 15.3. The van der Waals surface area contributed by atoms with Crippen LogP contribution in [0.5, 0.6) is 0 Å². The summed E-state index contributed by atoms with van der Waals surface area (Å²) >= 11 is -0.152. The second-order valence-electron chi connectivity index (χ2n) is 4.96. The van der Waals surface area contributed by atoms with E-state index in [0.717, 1.165) is 11.1 Å². The average Bonchev–Trinajstić information content (AvgIpc) is 2.58. The Bertz CT molecular complexity index is 701. The number of hydrogen-bond acceptors (Lipinski definition) is 3. The molecule has 0 aromatic heterocycles. The Morgan fingerprint density at radius 3 is 2.40 bits per heavy atom. The van der Waals surface area contributed by atoms with Crippen LogP contribution in [0.2, 0.25) is 0 Å². The Morgan fingerprint density at radius 2 is 1.76 bits per heavy atom. The van der Waals surface area contributed by atoms with Gasteiger partial charge in [0.15, 0.2) is 0 Å². The number of benzene rings is 2. The van der Waals surface area contributed by atoms with Gasteiger partial charge in [-0.15, -0.1) is 0 Å². The summed E-state index contributed by atoms with van der Waals surface area (Å²) in [4.78, 5) is 11.7. The molecule has 0 aliphatic heterocycles. The van der Waals surface area contributed by atoms with Gasteiger partial charge >= 0.3 is 11.6 Å². The lowest BCUT2D eigenvalue weighted by molar-refractivity contribution is -0.0328. The van der Waals surface area contributed by atoms with E-state index in [1.54, 1.807) is 24.3 Å². The molecule has 0 atom stereocenters. The molecule has 0 aliphatic carbocycles. The van der Waals surface area contributed by atoms with Crippen LogP contribution in [0.1, 0.15) is 11.1 Å². The molecule has 0 bridgehead atoms. The highest BCUT2D eigenvalue weighted by Gasteiger charge is 2.28. The second-order valence-corrected chi connectivity index (χ2v) is 6.10. The molecule has 2 aromatic rings. The summed E-state index contributed by atoms with van der Waals surface area (Å²) in [5.41, 5.74) is -2.66. The molecular weight excluding hydrogens is 351 g/mol. The van der Waals surface area contributed by atoms with Gasteiger partial charge < -0.3 is 10.1 Å². The Balaban J connectivity index is 1.71. The van der Waals surface area contributed by atoms with Crippen LogP contribution in [0.3, 0.4) is 0 Å². The third-order valence-corrected chi connectivity index (χ3v) is 3.74. The molecule has 7 heteroatoms. The number of nitrogens with one attached hydrogen (secondary N) is 1. The topological polar surface area (TPSA) is 38.3 Å². The standard InChI is InChI=1S/C18H16F3NO2S/c19-18(20,21)25-16-10-8-14(9-11-16)7-4-12-22-17(23)24-13-15-5-2-1-3-6-15/h1-11H,12-13H2,(H,22,23). The number of ether oxygens (including phenoxy) is 1. The van der Waals surface area contributed by atoms with Crippen molar-refractivity contribution in [3.05, 3.63) is 71.8 Å². The third-order valence-electron chi connectivity index (χ3n) is 3.00. The molecule has 0 radical (unpaired) electrons. The van der Waals surface area contributed by atoms with Crippen LogP contribution in [-0.2, 0) is 11.3 Å². The predicted octanol–water partition coefficient (Wildman–Crippen LogP) is 5.24. The van der Waals surface area contributed by atoms with Crippen molar-refractivity contribution < 1.29 is 22.7 Å². The molecule has 132 valence electrons. The molecule has 0 saturated carbocycles. The predicted molar refractivity (Wildman–Crippen MR) is 92.0 cm³/mol. The Kier molecular flexibility index (Phi) is 6.94. The monoisotopic (exact) mass is 367 g/mol. The van der Waals surface area contributed by atoms with Gasteiger partial charge in [0.25, 0.3) is 0 Å². The average molecular weight is 367 g/mol. The fourth-order valence-electron chi connectivity index (χ4n) is 1.89. The normalized spacial score (nSPS) is 11.5. The van der Waals surface area contributed by atoms with Gasteiger partial charge in [0.1, 0.15) is 6.61 Å². The largest absolute Gasteiger partial charge is 0.446 e. The van der Waals surface area contributed by atoms with Gasteiger partial charge in [-0.2, -0.15) is 13.2 Å². The van der Waals surface area contributed by atoms with Gasteiger partial charge in [0, 0.05) is 11.4 Å². The summed E-state index contributed by atoms with van der Waals surface area (Å²) < 4.78 is 41.8. The third kappa shape index (κ3) is 7.80. The maximum absolute atomic E-state index is 12.2. The maximum Gasteiger partial charge on any atom is 0.446 e. The van der Waals surface area contributed by atoms with E-state index >= 15 is 0 Å².